The molecule has 0 spiro atoms. The van der Waals surface area contributed by atoms with Crippen molar-refractivity contribution in [2.45, 2.75) is 6.42 Å². The molecule has 31 heavy (non-hydrogen) atoms. The molecule has 2 aromatic carbocycles. The number of hydrogen-bond acceptors (Lipinski definition) is 4. The average molecular weight is 404 g/mol. The first-order valence-electron chi connectivity index (χ1n) is 9.95. The molecule has 0 amide bonds. The van der Waals surface area contributed by atoms with E-state index in [2.05, 4.69) is 44.2 Å². The van der Waals surface area contributed by atoms with Gasteiger partial charge in [-0.1, -0.05) is 36.4 Å². The van der Waals surface area contributed by atoms with Crippen molar-refractivity contribution in [3.63, 3.8) is 0 Å². The van der Waals surface area contributed by atoms with Crippen LogP contribution in [0.2, 0.25) is 0 Å². The van der Waals surface area contributed by atoms with E-state index in [1.165, 1.54) is 22.3 Å². The Morgan fingerprint density at radius 2 is 1.13 bits per heavy atom. The largest absolute Gasteiger partial charge is 0.383 e. The fourth-order valence-electron chi connectivity index (χ4n) is 3.74. The third-order valence-electron chi connectivity index (χ3n) is 5.24. The zero-order chi connectivity index (χ0) is 21.2. The Morgan fingerprint density at radius 1 is 0.645 bits per heavy atom. The Bertz CT molecular complexity index is 1210. The van der Waals surface area contributed by atoms with Crippen LogP contribution in [0.1, 0.15) is 22.3 Å². The van der Waals surface area contributed by atoms with Gasteiger partial charge in [-0.15, -0.1) is 0 Å². The summed E-state index contributed by atoms with van der Waals surface area (Å²) in [5, 5.41) is 0. The number of benzene rings is 2. The zero-order valence-electron chi connectivity index (χ0n) is 16.7. The van der Waals surface area contributed by atoms with E-state index in [0.29, 0.717) is 23.3 Å². The Balaban J connectivity index is 1.43. The van der Waals surface area contributed by atoms with Crippen LogP contribution < -0.4 is 11.5 Å². The molecule has 4 aromatic rings. The molecule has 0 saturated heterocycles. The number of pyridine rings is 2. The second kappa shape index (κ2) is 7.84. The van der Waals surface area contributed by atoms with Crippen LogP contribution in [0.3, 0.4) is 0 Å². The van der Waals surface area contributed by atoms with Gasteiger partial charge in [0, 0.05) is 23.5 Å². The summed E-state index contributed by atoms with van der Waals surface area (Å²) in [5.41, 5.74) is 19.1. The van der Waals surface area contributed by atoms with Crippen molar-refractivity contribution < 1.29 is 0 Å². The molecule has 2 aromatic heterocycles. The molecule has 1 aliphatic rings. The van der Waals surface area contributed by atoms with Crippen LogP contribution in [-0.4, -0.2) is 21.6 Å². The molecule has 5 rings (SSSR count). The van der Waals surface area contributed by atoms with Gasteiger partial charge in [-0.2, -0.15) is 0 Å². The SMILES string of the molecule is N/C(=N\c1ccccn1)c1ccc2c(c1)Cc1cc(/C(N)=N\c3ccccn3)ccc1-2. The molecule has 1 aliphatic carbocycles. The maximum atomic E-state index is 6.24. The van der Waals surface area contributed by atoms with E-state index in [1.54, 1.807) is 12.4 Å². The van der Waals surface area contributed by atoms with Crippen LogP contribution in [-0.2, 0) is 6.42 Å². The first-order chi connectivity index (χ1) is 15.2. The zero-order valence-corrected chi connectivity index (χ0v) is 16.7. The van der Waals surface area contributed by atoms with Crippen LogP contribution in [0.25, 0.3) is 11.1 Å². The molecule has 6 heteroatoms. The molecule has 2 heterocycles. The molecule has 150 valence electrons. The van der Waals surface area contributed by atoms with Crippen molar-refractivity contribution >= 4 is 23.3 Å². The molecular formula is C25H20N6. The molecule has 0 bridgehead atoms. The summed E-state index contributed by atoms with van der Waals surface area (Å²) in [5.74, 6) is 2.09. The number of amidine groups is 2. The molecule has 0 atom stereocenters. The summed E-state index contributed by atoms with van der Waals surface area (Å²) in [6.45, 7) is 0. The number of hydrogen-bond donors (Lipinski definition) is 2. The standard InChI is InChI=1S/C25H20N6/c26-24(30-22-5-1-3-11-28-22)16-7-9-20-18(13-16)15-19-14-17(8-10-21(19)20)25(27)31-23-6-2-4-12-29-23/h1-14H,15H2,(H2,26,28,30)(H2,27,29,31). The average Bonchev–Trinajstić information content (AvgIpc) is 3.17. The van der Waals surface area contributed by atoms with E-state index >= 15 is 0 Å². The smallest absolute Gasteiger partial charge is 0.154 e. The molecule has 4 N–H and O–H groups in total. The summed E-state index contributed by atoms with van der Waals surface area (Å²) >= 11 is 0. The van der Waals surface area contributed by atoms with Crippen LogP contribution in [0.5, 0.6) is 0 Å². The Kier molecular flexibility index (Phi) is 4.72. The number of aromatic nitrogens is 2. The minimum Gasteiger partial charge on any atom is -0.383 e. The minimum atomic E-state index is 0.449. The maximum absolute atomic E-state index is 6.24. The van der Waals surface area contributed by atoms with Crippen molar-refractivity contribution in [2.75, 3.05) is 0 Å². The van der Waals surface area contributed by atoms with Gasteiger partial charge in [-0.05, 0) is 65.1 Å². The van der Waals surface area contributed by atoms with Crippen molar-refractivity contribution in [2.24, 2.45) is 21.5 Å². The molecule has 0 fully saturated rings. The Hall–Kier alpha value is -4.32. The van der Waals surface area contributed by atoms with Gasteiger partial charge in [0.05, 0.1) is 0 Å². The second-order valence-electron chi connectivity index (χ2n) is 7.29. The lowest BCUT2D eigenvalue weighted by molar-refractivity contribution is 1.24. The monoisotopic (exact) mass is 404 g/mol. The van der Waals surface area contributed by atoms with E-state index in [0.717, 1.165) is 17.5 Å². The van der Waals surface area contributed by atoms with Gasteiger partial charge in [0.15, 0.2) is 11.6 Å². The highest BCUT2D eigenvalue weighted by Crippen LogP contribution is 2.37. The molecule has 6 nitrogen and oxygen atoms in total. The van der Waals surface area contributed by atoms with E-state index in [1.807, 2.05) is 48.5 Å². The lowest BCUT2D eigenvalue weighted by Crippen LogP contribution is -2.13. The highest BCUT2D eigenvalue weighted by Gasteiger charge is 2.20. The number of rotatable bonds is 4. The summed E-state index contributed by atoms with van der Waals surface area (Å²) < 4.78 is 0. The normalized spacial score (nSPS) is 13.0. The van der Waals surface area contributed by atoms with E-state index in [-0.39, 0.29) is 0 Å². The fraction of sp³-hybridized carbons (Fsp3) is 0.0400. The van der Waals surface area contributed by atoms with Gasteiger partial charge in [-0.25, -0.2) is 20.0 Å². The minimum absolute atomic E-state index is 0.449. The van der Waals surface area contributed by atoms with Crippen molar-refractivity contribution in [1.29, 1.82) is 0 Å². The highest BCUT2D eigenvalue weighted by atomic mass is 15.0. The van der Waals surface area contributed by atoms with Gasteiger partial charge >= 0.3 is 0 Å². The lowest BCUT2D eigenvalue weighted by atomic mass is 10.0. The van der Waals surface area contributed by atoms with Gasteiger partial charge in [0.2, 0.25) is 0 Å². The van der Waals surface area contributed by atoms with Crippen molar-refractivity contribution in [3.8, 4) is 11.1 Å². The molecular weight excluding hydrogens is 384 g/mol. The number of aliphatic imine (C=N–C) groups is 2. The second-order valence-corrected chi connectivity index (χ2v) is 7.29. The van der Waals surface area contributed by atoms with Gasteiger partial charge in [-0.3, -0.25) is 0 Å². The van der Waals surface area contributed by atoms with Crippen molar-refractivity contribution in [1.82, 2.24) is 9.97 Å². The number of fused-ring (bicyclic) bond motifs is 3. The van der Waals surface area contributed by atoms with E-state index in [9.17, 15) is 0 Å². The van der Waals surface area contributed by atoms with Gasteiger partial charge < -0.3 is 11.5 Å². The van der Waals surface area contributed by atoms with Crippen LogP contribution in [0, 0.1) is 0 Å². The first-order valence-corrected chi connectivity index (χ1v) is 9.95. The Labute approximate surface area is 180 Å². The first kappa shape index (κ1) is 18.7. The molecule has 0 aliphatic heterocycles. The third-order valence-corrected chi connectivity index (χ3v) is 5.24. The summed E-state index contributed by atoms with van der Waals surface area (Å²) in [6.07, 6.45) is 4.21. The Morgan fingerprint density at radius 3 is 1.55 bits per heavy atom. The van der Waals surface area contributed by atoms with Gasteiger partial charge in [0.1, 0.15) is 11.7 Å². The summed E-state index contributed by atoms with van der Waals surface area (Å²) in [4.78, 5) is 17.3. The van der Waals surface area contributed by atoms with Crippen molar-refractivity contribution in [3.05, 3.63) is 107 Å². The predicted molar refractivity (Wildman–Crippen MR) is 124 cm³/mol. The molecule has 0 radical (unpaired) electrons. The van der Waals surface area contributed by atoms with Crippen LogP contribution >= 0.6 is 0 Å². The van der Waals surface area contributed by atoms with Crippen LogP contribution in [0.15, 0.2) is 95.2 Å². The van der Waals surface area contributed by atoms with E-state index in [4.69, 9.17) is 11.5 Å². The quantitative estimate of drug-likeness (QED) is 0.347. The van der Waals surface area contributed by atoms with Gasteiger partial charge in [0.25, 0.3) is 0 Å². The third kappa shape index (κ3) is 3.79. The number of nitrogens with two attached hydrogens (primary N) is 2. The summed E-state index contributed by atoms with van der Waals surface area (Å²) in [6, 6.07) is 23.5. The fourth-order valence-corrected chi connectivity index (χ4v) is 3.74. The predicted octanol–water partition coefficient (Wildman–Crippen LogP) is 4.12. The summed E-state index contributed by atoms with van der Waals surface area (Å²) in [7, 11) is 0. The van der Waals surface area contributed by atoms with Crippen LogP contribution in [0.4, 0.5) is 11.6 Å². The number of nitrogens with zero attached hydrogens (tertiary/aromatic N) is 4. The molecule has 0 saturated carbocycles. The van der Waals surface area contributed by atoms with E-state index < -0.39 is 0 Å². The molecule has 0 unspecified atom stereocenters. The topological polar surface area (TPSA) is 103 Å². The highest BCUT2D eigenvalue weighted by molar-refractivity contribution is 6.01. The maximum Gasteiger partial charge on any atom is 0.154 e. The lowest BCUT2D eigenvalue weighted by Gasteiger charge is -2.06.